The molecule has 0 aliphatic heterocycles. The van der Waals surface area contributed by atoms with Gasteiger partial charge >= 0.3 is 11.9 Å². The van der Waals surface area contributed by atoms with E-state index in [1.54, 1.807) is 34.6 Å². The van der Waals surface area contributed by atoms with Crippen LogP contribution in [-0.2, 0) is 14.3 Å². The molecule has 2 aromatic heterocycles. The van der Waals surface area contributed by atoms with E-state index >= 15 is 0 Å². The first-order valence-electron chi connectivity index (χ1n) is 7.65. The second kappa shape index (κ2) is 7.12. The molecule has 0 aliphatic carbocycles. The highest BCUT2D eigenvalue weighted by Crippen LogP contribution is 2.28. The molecule has 0 saturated carbocycles. The number of hydrogen-bond donors (Lipinski definition) is 0. The molecule has 0 N–H and O–H groups in total. The lowest BCUT2D eigenvalue weighted by Crippen LogP contribution is -2.29. The Kier molecular flexibility index (Phi) is 5.38. The number of thiophene rings is 1. The van der Waals surface area contributed by atoms with Gasteiger partial charge in [0.15, 0.2) is 0 Å². The summed E-state index contributed by atoms with van der Waals surface area (Å²) in [6.45, 7) is 8.70. The topological polar surface area (TPSA) is 87.5 Å². The van der Waals surface area contributed by atoms with Crippen LogP contribution in [0.5, 0.6) is 0 Å². The van der Waals surface area contributed by atoms with Crippen LogP contribution in [0.2, 0.25) is 0 Å². The molecule has 2 rings (SSSR count). The fourth-order valence-corrected chi connectivity index (χ4v) is 3.27. The molecule has 0 radical (unpaired) electrons. The summed E-state index contributed by atoms with van der Waals surface area (Å²) >= 11 is 1.11. The lowest BCUT2D eigenvalue weighted by atomic mass is 10.2. The second-order valence-electron chi connectivity index (χ2n) is 5.58. The van der Waals surface area contributed by atoms with Gasteiger partial charge in [0.25, 0.3) is 5.56 Å². The Hall–Kier alpha value is -2.22. The summed E-state index contributed by atoms with van der Waals surface area (Å²) in [6.07, 6.45) is 1.05. The first-order valence-corrected chi connectivity index (χ1v) is 8.47. The molecule has 2 heterocycles. The second-order valence-corrected chi connectivity index (χ2v) is 6.57. The molecule has 130 valence electrons. The van der Waals surface area contributed by atoms with Gasteiger partial charge in [-0.2, -0.15) is 0 Å². The van der Waals surface area contributed by atoms with Gasteiger partial charge in [-0.05, 0) is 40.2 Å². The normalized spacial score (nSPS) is 12.4. The summed E-state index contributed by atoms with van der Waals surface area (Å²) in [6, 6.07) is -0.792. The van der Waals surface area contributed by atoms with E-state index in [9.17, 15) is 14.4 Å². The van der Waals surface area contributed by atoms with Gasteiger partial charge in [0, 0.05) is 0 Å². The summed E-state index contributed by atoms with van der Waals surface area (Å²) < 4.78 is 11.4. The summed E-state index contributed by atoms with van der Waals surface area (Å²) in [5.41, 5.74) is 0.140. The number of hydrogen-bond acceptors (Lipinski definition) is 7. The first-order chi connectivity index (χ1) is 11.3. The van der Waals surface area contributed by atoms with Crippen LogP contribution in [0, 0.1) is 6.92 Å². The van der Waals surface area contributed by atoms with Gasteiger partial charge in [0.2, 0.25) is 0 Å². The van der Waals surface area contributed by atoms with Crippen LogP contribution in [0.3, 0.4) is 0 Å². The maximum atomic E-state index is 12.7. The highest BCUT2D eigenvalue weighted by atomic mass is 32.1. The van der Waals surface area contributed by atoms with Crippen LogP contribution in [0.1, 0.15) is 49.0 Å². The molecule has 24 heavy (non-hydrogen) atoms. The molecule has 0 amide bonds. The van der Waals surface area contributed by atoms with Gasteiger partial charge in [-0.15, -0.1) is 11.3 Å². The Morgan fingerprint density at radius 1 is 1.33 bits per heavy atom. The van der Waals surface area contributed by atoms with E-state index in [1.165, 1.54) is 10.9 Å². The highest BCUT2D eigenvalue weighted by Gasteiger charge is 2.24. The summed E-state index contributed by atoms with van der Waals surface area (Å²) in [5, 5.41) is 0.328. The fourth-order valence-electron chi connectivity index (χ4n) is 2.25. The smallest absolute Gasteiger partial charge is 0.348 e. The monoisotopic (exact) mass is 352 g/mol. The van der Waals surface area contributed by atoms with Crippen molar-refractivity contribution in [2.45, 2.75) is 46.8 Å². The Morgan fingerprint density at radius 3 is 2.58 bits per heavy atom. The third-order valence-electron chi connectivity index (χ3n) is 3.45. The van der Waals surface area contributed by atoms with Crippen molar-refractivity contribution in [2.75, 3.05) is 6.61 Å². The number of aryl methyl sites for hydroxylation is 1. The van der Waals surface area contributed by atoms with Crippen molar-refractivity contribution in [3.63, 3.8) is 0 Å². The number of nitrogens with zero attached hydrogens (tertiary/aromatic N) is 2. The molecule has 0 bridgehead atoms. The van der Waals surface area contributed by atoms with Crippen molar-refractivity contribution in [1.82, 2.24) is 9.55 Å². The third-order valence-corrected chi connectivity index (χ3v) is 4.63. The minimum absolute atomic E-state index is 0.232. The van der Waals surface area contributed by atoms with Gasteiger partial charge in [0.05, 0.1) is 24.4 Å². The van der Waals surface area contributed by atoms with E-state index in [-0.39, 0.29) is 18.3 Å². The molecule has 0 aliphatic rings. The van der Waals surface area contributed by atoms with Crippen molar-refractivity contribution in [2.24, 2.45) is 0 Å². The average molecular weight is 352 g/mol. The van der Waals surface area contributed by atoms with Crippen LogP contribution in [0.15, 0.2) is 11.1 Å². The Labute approximate surface area is 143 Å². The van der Waals surface area contributed by atoms with Gasteiger partial charge in [-0.3, -0.25) is 9.36 Å². The minimum Gasteiger partial charge on any atom is -0.464 e. The number of fused-ring (bicyclic) bond motifs is 1. The Balaban J connectivity index is 2.52. The number of esters is 2. The minimum atomic E-state index is -0.792. The van der Waals surface area contributed by atoms with Crippen LogP contribution in [-0.4, -0.2) is 34.2 Å². The molecular weight excluding hydrogens is 332 g/mol. The van der Waals surface area contributed by atoms with E-state index < -0.39 is 18.0 Å². The van der Waals surface area contributed by atoms with Crippen molar-refractivity contribution < 1.29 is 19.1 Å². The molecule has 2 aromatic rings. The predicted molar refractivity (Wildman–Crippen MR) is 90.5 cm³/mol. The van der Waals surface area contributed by atoms with Gasteiger partial charge in [-0.25, -0.2) is 14.6 Å². The molecule has 0 spiro atoms. The van der Waals surface area contributed by atoms with E-state index in [2.05, 4.69) is 4.98 Å². The van der Waals surface area contributed by atoms with Gasteiger partial charge < -0.3 is 9.47 Å². The Bertz CT molecular complexity index is 837. The maximum Gasteiger partial charge on any atom is 0.348 e. The van der Waals surface area contributed by atoms with E-state index in [0.717, 1.165) is 11.3 Å². The van der Waals surface area contributed by atoms with Crippen molar-refractivity contribution in [3.05, 3.63) is 27.1 Å². The number of carbonyl (C=O) groups is 2. The van der Waals surface area contributed by atoms with Crippen LogP contribution in [0.4, 0.5) is 0 Å². The van der Waals surface area contributed by atoms with Crippen LogP contribution in [0.25, 0.3) is 10.2 Å². The quantitative estimate of drug-likeness (QED) is 0.768. The SMILES string of the molecule is CCOC(=O)C(C)n1cnc2sc(C(=O)OC(C)C)c(C)c2c1=O. The fraction of sp³-hybridized carbons (Fsp3) is 0.500. The molecule has 1 atom stereocenters. The maximum absolute atomic E-state index is 12.7. The zero-order chi connectivity index (χ0) is 18.0. The molecule has 0 aromatic carbocycles. The van der Waals surface area contributed by atoms with Crippen molar-refractivity contribution in [3.8, 4) is 0 Å². The van der Waals surface area contributed by atoms with Crippen LogP contribution >= 0.6 is 11.3 Å². The molecule has 8 heteroatoms. The lowest BCUT2D eigenvalue weighted by Gasteiger charge is -2.13. The van der Waals surface area contributed by atoms with Gasteiger partial charge in [-0.1, -0.05) is 0 Å². The molecular formula is C16H20N2O5S. The average Bonchev–Trinajstić information content (AvgIpc) is 2.84. The lowest BCUT2D eigenvalue weighted by molar-refractivity contribution is -0.146. The summed E-state index contributed by atoms with van der Waals surface area (Å²) in [5.74, 6) is -0.983. The zero-order valence-electron chi connectivity index (χ0n) is 14.3. The molecule has 1 unspecified atom stereocenters. The number of ether oxygens (including phenoxy) is 2. The molecule has 0 saturated heterocycles. The summed E-state index contributed by atoms with van der Waals surface area (Å²) in [7, 11) is 0. The Morgan fingerprint density at radius 2 is 2.00 bits per heavy atom. The van der Waals surface area contributed by atoms with E-state index in [1.807, 2.05) is 0 Å². The predicted octanol–water partition coefficient (Wildman–Crippen LogP) is 2.46. The van der Waals surface area contributed by atoms with Crippen molar-refractivity contribution in [1.29, 1.82) is 0 Å². The van der Waals surface area contributed by atoms with Crippen molar-refractivity contribution >= 4 is 33.5 Å². The standard InChI is InChI=1S/C16H20N2O5S/c1-6-22-15(20)10(5)18-7-17-13-11(14(18)19)9(4)12(24-13)16(21)23-8(2)3/h7-8,10H,6H2,1-5H3. The van der Waals surface area contributed by atoms with E-state index in [0.29, 0.717) is 20.7 Å². The van der Waals surface area contributed by atoms with E-state index in [4.69, 9.17) is 9.47 Å². The third kappa shape index (κ3) is 3.33. The number of rotatable bonds is 5. The van der Waals surface area contributed by atoms with Gasteiger partial charge in [0.1, 0.15) is 15.7 Å². The zero-order valence-corrected chi connectivity index (χ0v) is 15.1. The molecule has 0 fully saturated rings. The number of carbonyl (C=O) groups excluding carboxylic acids is 2. The first kappa shape index (κ1) is 18.1. The largest absolute Gasteiger partial charge is 0.464 e. The summed E-state index contributed by atoms with van der Waals surface area (Å²) in [4.78, 5) is 41.8. The van der Waals surface area contributed by atoms with Crippen LogP contribution < -0.4 is 5.56 Å². The number of aromatic nitrogens is 2. The highest BCUT2D eigenvalue weighted by molar-refractivity contribution is 7.20. The molecule has 7 nitrogen and oxygen atoms in total.